The van der Waals surface area contributed by atoms with Crippen LogP contribution in [0.3, 0.4) is 0 Å². The van der Waals surface area contributed by atoms with Gasteiger partial charge < -0.3 is 9.15 Å². The Labute approximate surface area is 146 Å². The summed E-state index contributed by atoms with van der Waals surface area (Å²) in [4.78, 5) is 7.22. The maximum absolute atomic E-state index is 6.45. The van der Waals surface area contributed by atoms with Crippen molar-refractivity contribution in [2.75, 3.05) is 19.6 Å². The van der Waals surface area contributed by atoms with E-state index in [0.29, 0.717) is 5.92 Å². The fourth-order valence-electron chi connectivity index (χ4n) is 5.06. The minimum Gasteiger partial charge on any atom is -0.469 e. The molecule has 7 rings (SSSR count). The molecule has 1 aromatic carbocycles. The Kier molecular flexibility index (Phi) is 2.70. The van der Waals surface area contributed by atoms with Gasteiger partial charge in [-0.05, 0) is 38.1 Å². The molecule has 0 N–H and O–H groups in total. The van der Waals surface area contributed by atoms with Crippen molar-refractivity contribution in [2.45, 2.75) is 24.9 Å². The van der Waals surface area contributed by atoms with Crippen molar-refractivity contribution >= 4 is 11.0 Å². The third-order valence-electron chi connectivity index (χ3n) is 6.33. The number of rotatable bonds is 1. The van der Waals surface area contributed by atoms with Gasteiger partial charge in [0.25, 0.3) is 0 Å². The molecule has 1 spiro atoms. The van der Waals surface area contributed by atoms with Crippen LogP contribution in [0.2, 0.25) is 0 Å². The number of aromatic nitrogens is 1. The third-order valence-corrected chi connectivity index (χ3v) is 6.33. The molecule has 4 aliphatic heterocycles. The summed E-state index contributed by atoms with van der Waals surface area (Å²) in [5, 5.41) is 1.14. The van der Waals surface area contributed by atoms with Crippen LogP contribution in [0.15, 0.2) is 47.2 Å². The van der Waals surface area contributed by atoms with Crippen LogP contribution in [0.5, 0.6) is 5.88 Å². The molecule has 0 radical (unpaired) electrons. The number of hydrogen-bond donors (Lipinski definition) is 0. The summed E-state index contributed by atoms with van der Waals surface area (Å²) in [7, 11) is 0. The van der Waals surface area contributed by atoms with Gasteiger partial charge in [0.2, 0.25) is 5.88 Å². The molecule has 3 fully saturated rings. The van der Waals surface area contributed by atoms with Gasteiger partial charge in [0.1, 0.15) is 11.2 Å². The lowest BCUT2D eigenvalue weighted by molar-refractivity contribution is -0.0814. The Morgan fingerprint density at radius 1 is 1.16 bits per heavy atom. The first-order chi connectivity index (χ1) is 12.3. The van der Waals surface area contributed by atoms with E-state index in [2.05, 4.69) is 22.0 Å². The van der Waals surface area contributed by atoms with E-state index in [1.54, 1.807) is 0 Å². The number of para-hydroxylation sites is 1. The van der Waals surface area contributed by atoms with Crippen molar-refractivity contribution in [3.05, 3.63) is 48.4 Å². The van der Waals surface area contributed by atoms with Crippen LogP contribution in [-0.4, -0.2) is 35.1 Å². The lowest BCUT2D eigenvalue weighted by Gasteiger charge is -2.50. The summed E-state index contributed by atoms with van der Waals surface area (Å²) in [6.07, 6.45) is 7.27. The predicted octanol–water partition coefficient (Wildman–Crippen LogP) is 3.89. The highest BCUT2D eigenvalue weighted by Crippen LogP contribution is 2.46. The number of fused-ring (bicyclic) bond motifs is 4. The molecule has 0 amide bonds. The van der Waals surface area contributed by atoms with E-state index in [1.165, 1.54) is 31.5 Å². The van der Waals surface area contributed by atoms with Crippen LogP contribution in [0.1, 0.15) is 18.4 Å². The molecule has 126 valence electrons. The van der Waals surface area contributed by atoms with Crippen LogP contribution in [-0.2, 0) is 6.42 Å². The molecule has 2 aromatic heterocycles. The second-order valence-electron chi connectivity index (χ2n) is 7.73. The molecule has 1 atom stereocenters. The Morgan fingerprint density at radius 3 is 2.88 bits per heavy atom. The topological polar surface area (TPSA) is 38.5 Å². The van der Waals surface area contributed by atoms with Gasteiger partial charge in [-0.1, -0.05) is 18.2 Å². The molecule has 2 bridgehead atoms. The Morgan fingerprint density at radius 2 is 2.04 bits per heavy atom. The number of furan rings is 1. The minimum absolute atomic E-state index is 0.0388. The number of nitrogens with zero attached hydrogens (tertiary/aromatic N) is 2. The molecule has 4 heteroatoms. The zero-order valence-electron chi connectivity index (χ0n) is 14.1. The van der Waals surface area contributed by atoms with Gasteiger partial charge in [-0.15, -0.1) is 0 Å². The van der Waals surface area contributed by atoms with Crippen molar-refractivity contribution in [1.29, 1.82) is 0 Å². The Hall–Kier alpha value is -2.33. The van der Waals surface area contributed by atoms with Gasteiger partial charge in [0.15, 0.2) is 0 Å². The largest absolute Gasteiger partial charge is 0.469 e. The van der Waals surface area contributed by atoms with Gasteiger partial charge in [-0.25, -0.2) is 4.98 Å². The number of benzene rings is 1. The van der Waals surface area contributed by atoms with Gasteiger partial charge in [-0.3, -0.25) is 4.90 Å². The maximum Gasteiger partial charge on any atom is 0.217 e. The standard InChI is InChI=1S/C21H20N2O2/c1-2-4-19-17(3-1)18(12-24-19)15-9-14-10-21(25-20(14)22-11-15)13-23-7-5-16(21)6-8-23/h1-4,9,11-12,16H,5-8,10,13H2/t21-/m0/s1. The average Bonchev–Trinajstić information content (AvgIpc) is 3.23. The molecule has 0 saturated carbocycles. The zero-order chi connectivity index (χ0) is 16.4. The van der Waals surface area contributed by atoms with Gasteiger partial charge in [0, 0.05) is 47.2 Å². The predicted molar refractivity (Wildman–Crippen MR) is 95.7 cm³/mol. The second-order valence-corrected chi connectivity index (χ2v) is 7.73. The molecule has 25 heavy (non-hydrogen) atoms. The maximum atomic E-state index is 6.45. The molecule has 4 nitrogen and oxygen atoms in total. The minimum atomic E-state index is -0.0388. The molecular weight excluding hydrogens is 312 g/mol. The third kappa shape index (κ3) is 1.94. The number of ether oxygens (including phenoxy) is 1. The number of piperidine rings is 3. The highest BCUT2D eigenvalue weighted by Gasteiger charge is 2.52. The zero-order valence-corrected chi connectivity index (χ0v) is 14.1. The summed E-state index contributed by atoms with van der Waals surface area (Å²) < 4.78 is 12.2. The molecular formula is C21H20N2O2. The molecule has 3 aromatic rings. The summed E-state index contributed by atoms with van der Waals surface area (Å²) in [5.74, 6) is 1.51. The van der Waals surface area contributed by atoms with Gasteiger partial charge in [0.05, 0.1) is 6.26 Å². The average molecular weight is 332 g/mol. The highest BCUT2D eigenvalue weighted by molar-refractivity contribution is 5.93. The van der Waals surface area contributed by atoms with E-state index in [0.717, 1.165) is 40.9 Å². The van der Waals surface area contributed by atoms with Crippen LogP contribution in [0.4, 0.5) is 0 Å². The molecule has 6 heterocycles. The van der Waals surface area contributed by atoms with Crippen molar-refractivity contribution in [3.63, 3.8) is 0 Å². The summed E-state index contributed by atoms with van der Waals surface area (Å²) in [5.41, 5.74) is 4.36. The fraction of sp³-hybridized carbons (Fsp3) is 0.381. The normalized spacial score (nSPS) is 29.9. The summed E-state index contributed by atoms with van der Waals surface area (Å²) in [6, 6.07) is 10.4. The SMILES string of the molecule is c1ccc2c(-c3cnc4c(c3)C[C@@]3(CN5CCC3CC5)O4)coc2c1. The lowest BCUT2D eigenvalue weighted by Crippen LogP contribution is -2.61. The monoisotopic (exact) mass is 332 g/mol. The first-order valence-electron chi connectivity index (χ1n) is 9.18. The fourth-order valence-corrected chi connectivity index (χ4v) is 5.06. The van der Waals surface area contributed by atoms with E-state index >= 15 is 0 Å². The van der Waals surface area contributed by atoms with Crippen molar-refractivity contribution in [3.8, 4) is 17.0 Å². The molecule has 3 saturated heterocycles. The van der Waals surface area contributed by atoms with Crippen molar-refractivity contribution < 1.29 is 9.15 Å². The first kappa shape index (κ1) is 13.9. The van der Waals surface area contributed by atoms with E-state index in [9.17, 15) is 0 Å². The summed E-state index contributed by atoms with van der Waals surface area (Å²) in [6.45, 7) is 3.51. The van der Waals surface area contributed by atoms with E-state index < -0.39 is 0 Å². The smallest absolute Gasteiger partial charge is 0.217 e. The van der Waals surface area contributed by atoms with E-state index in [4.69, 9.17) is 9.15 Å². The van der Waals surface area contributed by atoms with Crippen LogP contribution in [0, 0.1) is 5.92 Å². The van der Waals surface area contributed by atoms with Gasteiger partial charge in [-0.2, -0.15) is 0 Å². The molecule has 0 aliphatic carbocycles. The van der Waals surface area contributed by atoms with Crippen LogP contribution in [0.25, 0.3) is 22.1 Å². The van der Waals surface area contributed by atoms with Crippen LogP contribution < -0.4 is 4.74 Å². The van der Waals surface area contributed by atoms with Crippen molar-refractivity contribution in [2.24, 2.45) is 5.92 Å². The summed E-state index contributed by atoms with van der Waals surface area (Å²) >= 11 is 0. The lowest BCUT2D eigenvalue weighted by atomic mass is 9.73. The first-order valence-corrected chi connectivity index (χ1v) is 9.18. The van der Waals surface area contributed by atoms with Gasteiger partial charge >= 0.3 is 0 Å². The molecule has 0 unspecified atom stereocenters. The number of hydrogen-bond acceptors (Lipinski definition) is 4. The quantitative estimate of drug-likeness (QED) is 0.677. The second kappa shape index (κ2) is 4.85. The van der Waals surface area contributed by atoms with E-state index in [-0.39, 0.29) is 5.60 Å². The Bertz CT molecular complexity index is 971. The Balaban J connectivity index is 1.40. The van der Waals surface area contributed by atoms with E-state index in [1.807, 2.05) is 30.7 Å². The van der Waals surface area contributed by atoms with Crippen molar-refractivity contribution in [1.82, 2.24) is 9.88 Å². The molecule has 4 aliphatic rings. The highest BCUT2D eigenvalue weighted by atomic mass is 16.5. The van der Waals surface area contributed by atoms with Crippen LogP contribution >= 0.6 is 0 Å². The number of pyridine rings is 1.